The maximum atomic E-state index is 13.2. The molecule has 14 heavy (non-hydrogen) atoms. The van der Waals surface area contributed by atoms with Gasteiger partial charge in [0, 0.05) is 11.6 Å². The molecule has 0 bridgehead atoms. The minimum atomic E-state index is -0.397. The van der Waals surface area contributed by atoms with E-state index in [4.69, 9.17) is 0 Å². The van der Waals surface area contributed by atoms with Crippen molar-refractivity contribution in [3.05, 3.63) is 35.4 Å². The van der Waals surface area contributed by atoms with Crippen LogP contribution in [0.15, 0.2) is 18.2 Å². The summed E-state index contributed by atoms with van der Waals surface area (Å²) in [7, 11) is 0. The Labute approximate surface area is 83.1 Å². The van der Waals surface area contributed by atoms with Gasteiger partial charge in [-0.15, -0.1) is 0 Å². The monoisotopic (exact) mass is 199 g/mol. The van der Waals surface area contributed by atoms with Gasteiger partial charge in [-0.25, -0.2) is 8.78 Å². The lowest BCUT2D eigenvalue weighted by Crippen LogP contribution is -2.20. The van der Waals surface area contributed by atoms with Gasteiger partial charge in [0.2, 0.25) is 0 Å². The zero-order valence-electron chi connectivity index (χ0n) is 8.48. The van der Waals surface area contributed by atoms with Crippen LogP contribution in [-0.4, -0.2) is 6.54 Å². The predicted octanol–water partition coefficient (Wildman–Crippen LogP) is 3.03. The van der Waals surface area contributed by atoms with Crippen molar-refractivity contribution in [2.45, 2.75) is 26.3 Å². The number of nitrogens with one attached hydrogen (secondary N) is 1. The van der Waals surface area contributed by atoms with Crippen LogP contribution in [0.25, 0.3) is 0 Å². The van der Waals surface area contributed by atoms with Crippen LogP contribution in [0.4, 0.5) is 8.78 Å². The van der Waals surface area contributed by atoms with Gasteiger partial charge in [0.05, 0.1) is 0 Å². The van der Waals surface area contributed by atoms with E-state index < -0.39 is 5.82 Å². The molecule has 0 aliphatic heterocycles. The number of halogens is 2. The molecular weight excluding hydrogens is 184 g/mol. The zero-order valence-corrected chi connectivity index (χ0v) is 8.48. The zero-order chi connectivity index (χ0) is 10.6. The van der Waals surface area contributed by atoms with E-state index >= 15 is 0 Å². The standard InChI is InChI=1S/C11H15F2N/c1-3-6-14-8(2)10-7-9(12)4-5-11(10)13/h4-5,7-8,14H,3,6H2,1-2H3/t8-/m0/s1. The molecule has 78 valence electrons. The molecule has 0 saturated heterocycles. The second kappa shape index (κ2) is 5.05. The Morgan fingerprint density at radius 1 is 1.36 bits per heavy atom. The number of hydrogen-bond acceptors (Lipinski definition) is 1. The average Bonchev–Trinajstić information content (AvgIpc) is 2.18. The third-order valence-corrected chi connectivity index (χ3v) is 2.13. The van der Waals surface area contributed by atoms with Gasteiger partial charge in [-0.3, -0.25) is 0 Å². The molecule has 1 aromatic carbocycles. The summed E-state index contributed by atoms with van der Waals surface area (Å²) in [6, 6.07) is 3.38. The predicted molar refractivity (Wildman–Crippen MR) is 53.1 cm³/mol. The Morgan fingerprint density at radius 3 is 2.71 bits per heavy atom. The van der Waals surface area contributed by atoms with Gasteiger partial charge in [0.25, 0.3) is 0 Å². The van der Waals surface area contributed by atoms with Gasteiger partial charge < -0.3 is 5.32 Å². The van der Waals surface area contributed by atoms with Crippen molar-refractivity contribution in [3.63, 3.8) is 0 Å². The Bertz CT molecular complexity index is 299. The molecule has 0 aromatic heterocycles. The van der Waals surface area contributed by atoms with E-state index in [0.717, 1.165) is 25.1 Å². The molecule has 1 atom stereocenters. The van der Waals surface area contributed by atoms with E-state index in [1.807, 2.05) is 13.8 Å². The maximum Gasteiger partial charge on any atom is 0.128 e. The lowest BCUT2D eigenvalue weighted by molar-refractivity contribution is 0.518. The largest absolute Gasteiger partial charge is 0.310 e. The van der Waals surface area contributed by atoms with Gasteiger partial charge in [0.1, 0.15) is 11.6 Å². The Hall–Kier alpha value is -0.960. The molecule has 0 spiro atoms. The van der Waals surface area contributed by atoms with Crippen molar-refractivity contribution < 1.29 is 8.78 Å². The summed E-state index contributed by atoms with van der Waals surface area (Å²) in [5.74, 6) is -0.756. The fourth-order valence-corrected chi connectivity index (χ4v) is 1.32. The van der Waals surface area contributed by atoms with Crippen LogP contribution in [0.1, 0.15) is 31.9 Å². The highest BCUT2D eigenvalue weighted by molar-refractivity contribution is 5.21. The molecule has 0 unspecified atom stereocenters. The Kier molecular flexibility index (Phi) is 4.01. The minimum Gasteiger partial charge on any atom is -0.310 e. The highest BCUT2D eigenvalue weighted by Crippen LogP contribution is 2.17. The molecule has 0 aliphatic rings. The van der Waals surface area contributed by atoms with E-state index in [9.17, 15) is 8.78 Å². The normalized spacial score (nSPS) is 12.9. The fourth-order valence-electron chi connectivity index (χ4n) is 1.32. The second-order valence-corrected chi connectivity index (χ2v) is 3.34. The highest BCUT2D eigenvalue weighted by atomic mass is 19.1. The molecule has 1 N–H and O–H groups in total. The highest BCUT2D eigenvalue weighted by Gasteiger charge is 2.10. The summed E-state index contributed by atoms with van der Waals surface area (Å²) in [5.41, 5.74) is 0.387. The van der Waals surface area contributed by atoms with Crippen molar-refractivity contribution in [1.82, 2.24) is 5.32 Å². The summed E-state index contributed by atoms with van der Waals surface area (Å²) < 4.78 is 26.1. The van der Waals surface area contributed by atoms with Crippen molar-refractivity contribution in [3.8, 4) is 0 Å². The Balaban J connectivity index is 2.77. The summed E-state index contributed by atoms with van der Waals surface area (Å²) in [4.78, 5) is 0. The van der Waals surface area contributed by atoms with Crippen LogP contribution in [0.3, 0.4) is 0 Å². The van der Waals surface area contributed by atoms with Crippen LogP contribution in [-0.2, 0) is 0 Å². The van der Waals surface area contributed by atoms with Gasteiger partial charge in [-0.1, -0.05) is 6.92 Å². The third-order valence-electron chi connectivity index (χ3n) is 2.13. The van der Waals surface area contributed by atoms with Crippen LogP contribution in [0, 0.1) is 11.6 Å². The van der Waals surface area contributed by atoms with E-state index in [2.05, 4.69) is 5.32 Å². The molecule has 3 heteroatoms. The van der Waals surface area contributed by atoms with Gasteiger partial charge in [-0.2, -0.15) is 0 Å². The van der Waals surface area contributed by atoms with E-state index in [1.165, 1.54) is 6.07 Å². The second-order valence-electron chi connectivity index (χ2n) is 3.34. The smallest absolute Gasteiger partial charge is 0.128 e. The van der Waals surface area contributed by atoms with Crippen molar-refractivity contribution in [2.24, 2.45) is 0 Å². The minimum absolute atomic E-state index is 0.148. The van der Waals surface area contributed by atoms with Gasteiger partial charge in [0.15, 0.2) is 0 Å². The lowest BCUT2D eigenvalue weighted by Gasteiger charge is -2.14. The lowest BCUT2D eigenvalue weighted by atomic mass is 10.1. The van der Waals surface area contributed by atoms with E-state index in [1.54, 1.807) is 0 Å². The quantitative estimate of drug-likeness (QED) is 0.786. The first-order valence-corrected chi connectivity index (χ1v) is 4.83. The van der Waals surface area contributed by atoms with E-state index in [0.29, 0.717) is 5.56 Å². The average molecular weight is 199 g/mol. The first-order valence-electron chi connectivity index (χ1n) is 4.83. The molecule has 1 rings (SSSR count). The van der Waals surface area contributed by atoms with Crippen molar-refractivity contribution in [1.29, 1.82) is 0 Å². The van der Waals surface area contributed by atoms with Crippen molar-refractivity contribution in [2.75, 3.05) is 6.54 Å². The number of hydrogen-bond donors (Lipinski definition) is 1. The first kappa shape index (κ1) is 11.1. The van der Waals surface area contributed by atoms with Crippen molar-refractivity contribution >= 4 is 0 Å². The maximum absolute atomic E-state index is 13.2. The van der Waals surface area contributed by atoms with Crippen LogP contribution in [0.5, 0.6) is 0 Å². The fraction of sp³-hybridized carbons (Fsp3) is 0.455. The molecule has 0 saturated carbocycles. The summed E-state index contributed by atoms with van der Waals surface area (Å²) in [6.07, 6.45) is 0.973. The molecule has 0 radical (unpaired) electrons. The first-order chi connectivity index (χ1) is 6.65. The summed E-state index contributed by atoms with van der Waals surface area (Å²) >= 11 is 0. The summed E-state index contributed by atoms with van der Waals surface area (Å²) in [5, 5.41) is 3.11. The third kappa shape index (κ3) is 2.77. The number of rotatable bonds is 4. The topological polar surface area (TPSA) is 12.0 Å². The van der Waals surface area contributed by atoms with Crippen LogP contribution < -0.4 is 5.32 Å². The molecule has 0 heterocycles. The molecule has 1 aromatic rings. The van der Waals surface area contributed by atoms with E-state index in [-0.39, 0.29) is 11.9 Å². The number of benzene rings is 1. The molecule has 1 nitrogen and oxygen atoms in total. The molecule has 0 amide bonds. The summed E-state index contributed by atoms with van der Waals surface area (Å²) in [6.45, 7) is 4.66. The van der Waals surface area contributed by atoms with Crippen LogP contribution >= 0.6 is 0 Å². The van der Waals surface area contributed by atoms with Crippen LogP contribution in [0.2, 0.25) is 0 Å². The molecule has 0 aliphatic carbocycles. The molecular formula is C11H15F2N. The SMILES string of the molecule is CCCN[C@@H](C)c1cc(F)ccc1F. The van der Waals surface area contributed by atoms with Gasteiger partial charge in [-0.05, 0) is 38.1 Å². The Morgan fingerprint density at radius 2 is 2.07 bits per heavy atom. The molecule has 0 fully saturated rings. The van der Waals surface area contributed by atoms with Gasteiger partial charge >= 0.3 is 0 Å².